The molecule has 0 aliphatic rings. The van der Waals surface area contributed by atoms with Gasteiger partial charge >= 0.3 is 0 Å². The van der Waals surface area contributed by atoms with E-state index in [-0.39, 0.29) is 11.2 Å². The molecule has 4 nitrogen and oxygen atoms in total. The number of thioether (sulfide) groups is 1. The number of H-pyrrole nitrogens is 1. The van der Waals surface area contributed by atoms with Gasteiger partial charge in [0.15, 0.2) is 5.82 Å². The van der Waals surface area contributed by atoms with Crippen LogP contribution in [0.2, 0.25) is 0 Å². The smallest absolute Gasteiger partial charge is 0.164 e. The lowest BCUT2D eigenvalue weighted by atomic mass is 10.3. The number of nitriles is 1. The average Bonchev–Trinajstić information content (AvgIpc) is 2.49. The van der Waals surface area contributed by atoms with E-state index in [1.54, 1.807) is 11.8 Å². The molecular formula is C9H14N4S. The van der Waals surface area contributed by atoms with E-state index in [0.29, 0.717) is 5.82 Å². The Bertz CT molecular complexity index is 331. The summed E-state index contributed by atoms with van der Waals surface area (Å²) in [5.74, 6) is 2.23. The summed E-state index contributed by atoms with van der Waals surface area (Å²) < 4.78 is 0.224. The van der Waals surface area contributed by atoms with E-state index in [1.165, 1.54) is 0 Å². The van der Waals surface area contributed by atoms with Crippen LogP contribution in [0, 0.1) is 11.3 Å². The largest absolute Gasteiger partial charge is 0.262 e. The van der Waals surface area contributed by atoms with Gasteiger partial charge in [0.25, 0.3) is 0 Å². The fraction of sp³-hybridized carbons (Fsp3) is 0.667. The van der Waals surface area contributed by atoms with E-state index in [1.807, 2.05) is 6.07 Å². The predicted octanol–water partition coefficient (Wildman–Crippen LogP) is 1.90. The molecule has 0 aliphatic heterocycles. The normalized spacial score (nSPS) is 11.3. The lowest BCUT2D eigenvalue weighted by molar-refractivity contribution is 0.800. The van der Waals surface area contributed by atoms with Crippen LogP contribution in [-0.4, -0.2) is 19.9 Å². The third-order valence-electron chi connectivity index (χ3n) is 1.46. The highest BCUT2D eigenvalue weighted by molar-refractivity contribution is 7.99. The van der Waals surface area contributed by atoms with Crippen molar-refractivity contribution in [3.63, 3.8) is 0 Å². The molecule has 0 aliphatic carbocycles. The van der Waals surface area contributed by atoms with Crippen LogP contribution in [0.3, 0.4) is 0 Å². The molecule has 1 heterocycles. The van der Waals surface area contributed by atoms with E-state index in [4.69, 9.17) is 5.26 Å². The first-order valence-electron chi connectivity index (χ1n) is 4.42. The molecule has 5 heteroatoms. The molecule has 0 atom stereocenters. The number of hydrogen-bond donors (Lipinski definition) is 1. The van der Waals surface area contributed by atoms with Gasteiger partial charge < -0.3 is 0 Å². The summed E-state index contributed by atoms with van der Waals surface area (Å²) >= 11 is 1.80. The van der Waals surface area contributed by atoms with Crippen molar-refractivity contribution in [3.8, 4) is 6.07 Å². The van der Waals surface area contributed by atoms with Gasteiger partial charge in [0.2, 0.25) is 0 Å². The second kappa shape index (κ2) is 4.47. The molecule has 0 radical (unpaired) electrons. The van der Waals surface area contributed by atoms with Crippen LogP contribution in [0.15, 0.2) is 0 Å². The minimum Gasteiger partial charge on any atom is -0.262 e. The van der Waals surface area contributed by atoms with Gasteiger partial charge in [0.1, 0.15) is 5.82 Å². The molecule has 0 saturated carbocycles. The highest BCUT2D eigenvalue weighted by Crippen LogP contribution is 2.25. The molecule has 0 unspecified atom stereocenters. The standard InChI is InChI=1S/C9H14N4S/c1-9(2,3)14-6-8-11-7(4-5-10)12-13-8/h4,6H2,1-3H3,(H,11,12,13). The summed E-state index contributed by atoms with van der Waals surface area (Å²) in [5.41, 5.74) is 0. The fourth-order valence-corrected chi connectivity index (χ4v) is 1.53. The molecule has 0 bridgehead atoms. The fourth-order valence-electron chi connectivity index (χ4n) is 0.834. The van der Waals surface area contributed by atoms with Crippen molar-refractivity contribution in [2.75, 3.05) is 0 Å². The quantitative estimate of drug-likeness (QED) is 0.827. The van der Waals surface area contributed by atoms with Crippen molar-refractivity contribution >= 4 is 11.8 Å². The van der Waals surface area contributed by atoms with Gasteiger partial charge in [-0.2, -0.15) is 10.4 Å². The van der Waals surface area contributed by atoms with Crippen LogP contribution < -0.4 is 0 Å². The summed E-state index contributed by atoms with van der Waals surface area (Å²) in [7, 11) is 0. The number of aromatic nitrogens is 3. The SMILES string of the molecule is CC(C)(C)SCc1nc(CC#N)n[nH]1. The molecule has 0 aromatic carbocycles. The number of nitrogens with one attached hydrogen (secondary N) is 1. The van der Waals surface area contributed by atoms with Crippen molar-refractivity contribution in [1.82, 2.24) is 15.2 Å². The molecule has 0 spiro atoms. The summed E-state index contributed by atoms with van der Waals surface area (Å²) in [6.07, 6.45) is 0.274. The Morgan fingerprint density at radius 1 is 1.50 bits per heavy atom. The van der Waals surface area contributed by atoms with E-state index in [0.717, 1.165) is 11.6 Å². The molecule has 0 fully saturated rings. The lowest BCUT2D eigenvalue weighted by Gasteiger charge is -2.15. The molecular weight excluding hydrogens is 196 g/mol. The Labute approximate surface area is 88.1 Å². The molecule has 0 saturated heterocycles. The first kappa shape index (κ1) is 11.1. The Morgan fingerprint density at radius 2 is 2.21 bits per heavy atom. The zero-order chi connectivity index (χ0) is 10.6. The first-order chi connectivity index (χ1) is 6.51. The maximum Gasteiger partial charge on any atom is 0.164 e. The third-order valence-corrected chi connectivity index (χ3v) is 2.74. The Morgan fingerprint density at radius 3 is 2.79 bits per heavy atom. The van der Waals surface area contributed by atoms with Crippen molar-refractivity contribution in [2.45, 2.75) is 37.7 Å². The van der Waals surface area contributed by atoms with Crippen LogP contribution in [0.5, 0.6) is 0 Å². The Kier molecular flexibility index (Phi) is 3.53. The Balaban J connectivity index is 2.49. The highest BCUT2D eigenvalue weighted by atomic mass is 32.2. The molecule has 1 aromatic heterocycles. The summed E-state index contributed by atoms with van der Waals surface area (Å²) in [6.45, 7) is 6.47. The van der Waals surface area contributed by atoms with Crippen molar-refractivity contribution in [2.24, 2.45) is 0 Å². The van der Waals surface area contributed by atoms with Crippen LogP contribution in [0.25, 0.3) is 0 Å². The number of hydrogen-bond acceptors (Lipinski definition) is 4. The first-order valence-corrected chi connectivity index (χ1v) is 5.41. The van der Waals surface area contributed by atoms with E-state index in [9.17, 15) is 0 Å². The zero-order valence-electron chi connectivity index (χ0n) is 8.66. The molecule has 14 heavy (non-hydrogen) atoms. The van der Waals surface area contributed by atoms with Gasteiger partial charge in [0, 0.05) is 4.75 Å². The van der Waals surface area contributed by atoms with Gasteiger partial charge in [-0.05, 0) is 0 Å². The summed E-state index contributed by atoms with van der Waals surface area (Å²) in [4.78, 5) is 4.19. The average molecular weight is 210 g/mol. The number of aromatic amines is 1. The lowest BCUT2D eigenvalue weighted by Crippen LogP contribution is -2.07. The number of rotatable bonds is 3. The van der Waals surface area contributed by atoms with E-state index in [2.05, 4.69) is 36.0 Å². The molecule has 76 valence electrons. The van der Waals surface area contributed by atoms with E-state index < -0.39 is 0 Å². The topological polar surface area (TPSA) is 65.4 Å². The van der Waals surface area contributed by atoms with Gasteiger partial charge in [-0.3, -0.25) is 5.10 Å². The van der Waals surface area contributed by atoms with Crippen LogP contribution in [-0.2, 0) is 12.2 Å². The van der Waals surface area contributed by atoms with Crippen molar-refractivity contribution in [3.05, 3.63) is 11.6 Å². The monoisotopic (exact) mass is 210 g/mol. The molecule has 1 aromatic rings. The highest BCUT2D eigenvalue weighted by Gasteiger charge is 2.12. The minimum absolute atomic E-state index is 0.224. The van der Waals surface area contributed by atoms with Gasteiger partial charge in [0.05, 0.1) is 18.2 Å². The van der Waals surface area contributed by atoms with Crippen molar-refractivity contribution in [1.29, 1.82) is 5.26 Å². The Hall–Kier alpha value is -1.02. The second-order valence-electron chi connectivity index (χ2n) is 3.93. The second-order valence-corrected chi connectivity index (χ2v) is 5.74. The van der Waals surface area contributed by atoms with Gasteiger partial charge in [-0.1, -0.05) is 20.8 Å². The summed E-state index contributed by atoms with van der Waals surface area (Å²) in [5, 5.41) is 15.2. The predicted molar refractivity (Wildman–Crippen MR) is 56.7 cm³/mol. The van der Waals surface area contributed by atoms with Gasteiger partial charge in [-0.25, -0.2) is 4.98 Å². The molecule has 1 rings (SSSR count). The third kappa shape index (κ3) is 3.79. The van der Waals surface area contributed by atoms with E-state index >= 15 is 0 Å². The molecule has 0 amide bonds. The summed E-state index contributed by atoms with van der Waals surface area (Å²) in [6, 6.07) is 2.02. The number of nitrogens with zero attached hydrogens (tertiary/aromatic N) is 3. The molecule has 1 N–H and O–H groups in total. The van der Waals surface area contributed by atoms with Crippen LogP contribution in [0.4, 0.5) is 0 Å². The minimum atomic E-state index is 0.224. The van der Waals surface area contributed by atoms with Gasteiger partial charge in [-0.15, -0.1) is 11.8 Å². The zero-order valence-corrected chi connectivity index (χ0v) is 9.48. The van der Waals surface area contributed by atoms with Crippen molar-refractivity contribution < 1.29 is 0 Å². The van der Waals surface area contributed by atoms with Crippen LogP contribution >= 0.6 is 11.8 Å². The maximum absolute atomic E-state index is 8.44. The maximum atomic E-state index is 8.44. The van der Waals surface area contributed by atoms with Crippen LogP contribution in [0.1, 0.15) is 32.4 Å².